The average Bonchev–Trinajstić information content (AvgIpc) is 2.94. The van der Waals surface area contributed by atoms with Gasteiger partial charge in [-0.3, -0.25) is 4.79 Å². The molecule has 21 heavy (non-hydrogen) atoms. The van der Waals surface area contributed by atoms with Crippen molar-refractivity contribution in [1.29, 1.82) is 0 Å². The highest BCUT2D eigenvalue weighted by molar-refractivity contribution is 9.10. The van der Waals surface area contributed by atoms with E-state index in [1.165, 1.54) is 23.9 Å². The van der Waals surface area contributed by atoms with E-state index < -0.39 is 0 Å². The Hall–Kier alpha value is -1.77. The fourth-order valence-corrected chi connectivity index (χ4v) is 2.66. The van der Waals surface area contributed by atoms with E-state index in [2.05, 4.69) is 47.0 Å². The van der Waals surface area contributed by atoms with Crippen molar-refractivity contribution in [2.75, 3.05) is 5.32 Å². The van der Waals surface area contributed by atoms with Gasteiger partial charge in [0.1, 0.15) is 5.69 Å². The molecule has 0 aromatic carbocycles. The first kappa shape index (κ1) is 14.2. The van der Waals surface area contributed by atoms with Gasteiger partial charge >= 0.3 is 0 Å². The second-order valence-electron chi connectivity index (χ2n) is 5.29. The van der Waals surface area contributed by atoms with Gasteiger partial charge in [0.15, 0.2) is 5.82 Å². The van der Waals surface area contributed by atoms with Crippen LogP contribution in [0.3, 0.4) is 0 Å². The molecular formula is C12H16BrN7O. The molecule has 0 bridgehead atoms. The summed E-state index contributed by atoms with van der Waals surface area (Å²) in [5.74, 6) is 1.07. The molecule has 2 aromatic heterocycles. The Balaban J connectivity index is 1.83. The van der Waals surface area contributed by atoms with E-state index >= 15 is 0 Å². The maximum atomic E-state index is 12.5. The van der Waals surface area contributed by atoms with Crippen molar-refractivity contribution in [2.45, 2.75) is 38.8 Å². The van der Waals surface area contributed by atoms with Crippen LogP contribution in [0.5, 0.6) is 0 Å². The molecule has 2 N–H and O–H groups in total. The molecule has 1 unspecified atom stereocenters. The Kier molecular flexibility index (Phi) is 4.00. The van der Waals surface area contributed by atoms with Gasteiger partial charge < -0.3 is 5.32 Å². The molecule has 1 aliphatic carbocycles. The van der Waals surface area contributed by atoms with Crippen molar-refractivity contribution in [3.8, 4) is 0 Å². The van der Waals surface area contributed by atoms with Crippen molar-refractivity contribution < 1.29 is 0 Å². The zero-order chi connectivity index (χ0) is 14.8. The minimum Gasteiger partial charge on any atom is -0.370 e. The smallest absolute Gasteiger partial charge is 0.291 e. The lowest BCUT2D eigenvalue weighted by Gasteiger charge is -2.25. The van der Waals surface area contributed by atoms with Crippen LogP contribution in [0.15, 0.2) is 15.5 Å². The molecule has 0 radical (unpaired) electrons. The normalized spacial score (nSPS) is 16.5. The first-order valence-electron chi connectivity index (χ1n) is 6.90. The molecule has 1 fully saturated rings. The molecule has 2 aromatic rings. The maximum Gasteiger partial charge on any atom is 0.291 e. The number of tetrazole rings is 1. The van der Waals surface area contributed by atoms with Crippen LogP contribution < -0.4 is 10.9 Å². The number of nitrogens with one attached hydrogen (secondary N) is 2. The van der Waals surface area contributed by atoms with Crippen molar-refractivity contribution in [1.82, 2.24) is 30.4 Å². The number of H-pyrrole nitrogens is 1. The molecule has 1 saturated carbocycles. The summed E-state index contributed by atoms with van der Waals surface area (Å²) in [5, 5.41) is 21.1. The molecule has 0 spiro atoms. The maximum absolute atomic E-state index is 12.5. The number of hydrogen-bond donors (Lipinski definition) is 2. The summed E-state index contributed by atoms with van der Waals surface area (Å²) in [6, 6.07) is -0.229. The summed E-state index contributed by atoms with van der Waals surface area (Å²) in [5.41, 5.74) is 0.341. The third-order valence-electron chi connectivity index (χ3n) is 3.76. The highest BCUT2D eigenvalue weighted by Crippen LogP contribution is 2.27. The molecule has 1 atom stereocenters. The van der Waals surface area contributed by atoms with Gasteiger partial charge in [-0.2, -0.15) is 10.3 Å². The van der Waals surface area contributed by atoms with Gasteiger partial charge in [0.05, 0.1) is 16.7 Å². The lowest BCUT2D eigenvalue weighted by Crippen LogP contribution is -2.31. The summed E-state index contributed by atoms with van der Waals surface area (Å²) >= 11 is 3.37. The Labute approximate surface area is 129 Å². The second kappa shape index (κ2) is 5.92. The molecular weight excluding hydrogens is 338 g/mol. The van der Waals surface area contributed by atoms with Crippen molar-refractivity contribution >= 4 is 21.6 Å². The lowest BCUT2D eigenvalue weighted by atomic mass is 9.85. The Morgan fingerprint density at radius 1 is 1.57 bits per heavy atom. The van der Waals surface area contributed by atoms with Crippen LogP contribution in [0.4, 0.5) is 5.69 Å². The summed E-state index contributed by atoms with van der Waals surface area (Å²) in [6.45, 7) is 2.55. The molecule has 0 saturated heterocycles. The van der Waals surface area contributed by atoms with Crippen LogP contribution in [0.25, 0.3) is 0 Å². The Bertz CT molecular complexity index is 665. The predicted octanol–water partition coefficient (Wildman–Crippen LogP) is 1.49. The summed E-state index contributed by atoms with van der Waals surface area (Å²) in [6.07, 6.45) is 5.24. The molecule has 112 valence electrons. The number of anilines is 1. The monoisotopic (exact) mass is 353 g/mol. The molecule has 3 rings (SSSR count). The van der Waals surface area contributed by atoms with E-state index in [9.17, 15) is 4.79 Å². The summed E-state index contributed by atoms with van der Waals surface area (Å²) < 4.78 is 2.16. The van der Waals surface area contributed by atoms with E-state index in [-0.39, 0.29) is 11.6 Å². The SMILES string of the molecule is CC(Nc1c(Br)cnn(CC2CCC2)c1=O)c1nn[nH]n1. The largest absolute Gasteiger partial charge is 0.370 e. The summed E-state index contributed by atoms with van der Waals surface area (Å²) in [4.78, 5) is 12.5. The molecule has 1 aliphatic rings. The van der Waals surface area contributed by atoms with Crippen LogP contribution in [0.2, 0.25) is 0 Å². The fourth-order valence-electron chi connectivity index (χ4n) is 2.28. The molecule has 0 aliphatic heterocycles. The third-order valence-corrected chi connectivity index (χ3v) is 4.36. The quantitative estimate of drug-likeness (QED) is 0.844. The molecule has 8 nitrogen and oxygen atoms in total. The number of nitrogens with zero attached hydrogens (tertiary/aromatic N) is 5. The number of aromatic nitrogens is 6. The lowest BCUT2D eigenvalue weighted by molar-refractivity contribution is 0.262. The molecule has 9 heteroatoms. The first-order chi connectivity index (χ1) is 10.1. The van der Waals surface area contributed by atoms with Gasteiger partial charge in [0.25, 0.3) is 5.56 Å². The van der Waals surface area contributed by atoms with Crippen LogP contribution in [-0.4, -0.2) is 30.4 Å². The van der Waals surface area contributed by atoms with E-state index in [0.29, 0.717) is 28.4 Å². The second-order valence-corrected chi connectivity index (χ2v) is 6.14. The van der Waals surface area contributed by atoms with Gasteiger partial charge in [-0.25, -0.2) is 4.68 Å². The number of aromatic amines is 1. The fraction of sp³-hybridized carbons (Fsp3) is 0.583. The van der Waals surface area contributed by atoms with Crippen molar-refractivity contribution in [2.24, 2.45) is 5.92 Å². The number of hydrogen-bond acceptors (Lipinski definition) is 6. The number of halogens is 1. The van der Waals surface area contributed by atoms with Crippen molar-refractivity contribution in [3.63, 3.8) is 0 Å². The van der Waals surface area contributed by atoms with E-state index in [0.717, 1.165) is 0 Å². The van der Waals surface area contributed by atoms with Gasteiger partial charge in [0, 0.05) is 6.54 Å². The van der Waals surface area contributed by atoms with Crippen molar-refractivity contribution in [3.05, 3.63) is 26.8 Å². The van der Waals surface area contributed by atoms with E-state index in [1.54, 1.807) is 6.20 Å². The van der Waals surface area contributed by atoms with Crippen LogP contribution in [0, 0.1) is 5.92 Å². The topological polar surface area (TPSA) is 101 Å². The standard InChI is InChI=1S/C12H16BrN7O/c1-7(11-16-18-19-17-11)15-10-9(13)5-14-20(12(10)21)6-8-3-2-4-8/h5,7-8,15H,2-4,6H2,1H3,(H,16,17,18,19). The zero-order valence-corrected chi connectivity index (χ0v) is 13.2. The highest BCUT2D eigenvalue weighted by Gasteiger charge is 2.21. The Morgan fingerprint density at radius 3 is 3.00 bits per heavy atom. The summed E-state index contributed by atoms with van der Waals surface area (Å²) in [7, 11) is 0. The Morgan fingerprint density at radius 2 is 2.38 bits per heavy atom. The van der Waals surface area contributed by atoms with Gasteiger partial charge in [-0.1, -0.05) is 11.6 Å². The average molecular weight is 354 g/mol. The van der Waals surface area contributed by atoms with Crippen LogP contribution >= 0.6 is 15.9 Å². The minimum absolute atomic E-state index is 0.133. The van der Waals surface area contributed by atoms with Crippen LogP contribution in [0.1, 0.15) is 38.1 Å². The predicted molar refractivity (Wildman–Crippen MR) is 79.8 cm³/mol. The van der Waals surface area contributed by atoms with E-state index in [1.807, 2.05) is 6.92 Å². The highest BCUT2D eigenvalue weighted by atomic mass is 79.9. The van der Waals surface area contributed by atoms with Gasteiger partial charge in [0.2, 0.25) is 0 Å². The molecule has 2 heterocycles. The minimum atomic E-state index is -0.229. The zero-order valence-electron chi connectivity index (χ0n) is 11.6. The van der Waals surface area contributed by atoms with Gasteiger partial charge in [-0.05, 0) is 41.6 Å². The number of rotatable bonds is 5. The first-order valence-corrected chi connectivity index (χ1v) is 7.70. The molecule has 0 amide bonds. The van der Waals surface area contributed by atoms with Crippen LogP contribution in [-0.2, 0) is 6.54 Å². The van der Waals surface area contributed by atoms with Gasteiger partial charge in [-0.15, -0.1) is 10.2 Å². The van der Waals surface area contributed by atoms with E-state index in [4.69, 9.17) is 0 Å². The third kappa shape index (κ3) is 2.97.